The van der Waals surface area contributed by atoms with Gasteiger partial charge in [0.1, 0.15) is 10.8 Å². The normalized spacial score (nSPS) is 10.6. The monoisotopic (exact) mass is 305 g/mol. The average Bonchev–Trinajstić information content (AvgIpc) is 2.66. The van der Waals surface area contributed by atoms with Gasteiger partial charge in [-0.3, -0.25) is 0 Å². The molecule has 0 aliphatic heterocycles. The van der Waals surface area contributed by atoms with Gasteiger partial charge in [0.15, 0.2) is 0 Å². The molecule has 0 aliphatic rings. The summed E-state index contributed by atoms with van der Waals surface area (Å²) in [5.74, 6) is 0.129. The number of aromatic nitrogens is 1. The molecule has 5 heteroatoms. The zero-order valence-corrected chi connectivity index (χ0v) is 10.7. The van der Waals surface area contributed by atoms with E-state index in [1.165, 1.54) is 17.4 Å². The van der Waals surface area contributed by atoms with Crippen molar-refractivity contribution < 1.29 is 4.39 Å². The number of halogens is 3. The van der Waals surface area contributed by atoms with Gasteiger partial charge in [0.25, 0.3) is 0 Å². The number of rotatable bonds is 2. The van der Waals surface area contributed by atoms with E-state index in [2.05, 4.69) is 20.9 Å². The van der Waals surface area contributed by atoms with E-state index >= 15 is 0 Å². The third-order valence-electron chi connectivity index (χ3n) is 1.86. The maximum absolute atomic E-state index is 13.6. The summed E-state index contributed by atoms with van der Waals surface area (Å²) in [4.78, 5) is 5.08. The molecule has 15 heavy (non-hydrogen) atoms. The van der Waals surface area contributed by atoms with Gasteiger partial charge in [-0.25, -0.2) is 9.37 Å². The Balaban J connectivity index is 2.53. The summed E-state index contributed by atoms with van der Waals surface area (Å²) in [6.45, 7) is 0. The summed E-state index contributed by atoms with van der Waals surface area (Å²) in [6, 6.07) is 4.86. The third-order valence-corrected chi connectivity index (χ3v) is 3.98. The van der Waals surface area contributed by atoms with Crippen LogP contribution in [0.5, 0.6) is 0 Å². The molecule has 0 saturated heterocycles. The van der Waals surface area contributed by atoms with Crippen LogP contribution < -0.4 is 0 Å². The lowest BCUT2D eigenvalue weighted by Crippen LogP contribution is -1.84. The molecule has 0 aliphatic carbocycles. The predicted octanol–water partition coefficient (Wildman–Crippen LogP) is 4.45. The van der Waals surface area contributed by atoms with E-state index in [1.807, 2.05) is 0 Å². The minimum atomic E-state index is -0.278. The van der Waals surface area contributed by atoms with Crippen molar-refractivity contribution in [2.75, 3.05) is 0 Å². The molecule has 0 saturated carbocycles. The van der Waals surface area contributed by atoms with E-state index in [-0.39, 0.29) is 5.82 Å². The molecule has 2 aromatic rings. The second kappa shape index (κ2) is 4.60. The summed E-state index contributed by atoms with van der Waals surface area (Å²) in [6.07, 6.45) is 1.67. The maximum Gasteiger partial charge on any atom is 0.134 e. The van der Waals surface area contributed by atoms with Crippen LogP contribution in [-0.4, -0.2) is 4.98 Å². The first-order chi connectivity index (χ1) is 7.22. The Morgan fingerprint density at radius 1 is 1.47 bits per heavy atom. The first-order valence-electron chi connectivity index (χ1n) is 4.17. The largest absolute Gasteiger partial charge is 0.244 e. The number of benzene rings is 1. The molecule has 0 fully saturated rings. The zero-order valence-electron chi connectivity index (χ0n) is 7.51. The van der Waals surface area contributed by atoms with Crippen molar-refractivity contribution in [1.82, 2.24) is 4.98 Å². The molecule has 0 unspecified atom stereocenters. The van der Waals surface area contributed by atoms with Crippen LogP contribution in [0.25, 0.3) is 10.6 Å². The smallest absolute Gasteiger partial charge is 0.134 e. The number of hydrogen-bond acceptors (Lipinski definition) is 2. The van der Waals surface area contributed by atoms with Crippen molar-refractivity contribution in [3.8, 4) is 10.6 Å². The van der Waals surface area contributed by atoms with Crippen molar-refractivity contribution >= 4 is 38.9 Å². The summed E-state index contributed by atoms with van der Waals surface area (Å²) in [5.41, 5.74) is 0.499. The van der Waals surface area contributed by atoms with Crippen LogP contribution in [0.3, 0.4) is 0 Å². The molecule has 1 aromatic heterocycles. The Labute approximate surface area is 104 Å². The van der Waals surface area contributed by atoms with Crippen LogP contribution in [0.2, 0.25) is 0 Å². The molecule has 0 spiro atoms. The van der Waals surface area contributed by atoms with E-state index in [0.717, 1.165) is 4.88 Å². The lowest BCUT2D eigenvalue weighted by Gasteiger charge is -2.01. The zero-order chi connectivity index (χ0) is 10.8. The van der Waals surface area contributed by atoms with Crippen molar-refractivity contribution in [3.05, 3.63) is 39.6 Å². The molecule has 0 amide bonds. The minimum Gasteiger partial charge on any atom is -0.244 e. The number of nitrogens with zero attached hydrogens (tertiary/aromatic N) is 1. The fraction of sp³-hybridized carbons (Fsp3) is 0.100. The lowest BCUT2D eigenvalue weighted by atomic mass is 10.2. The Kier molecular flexibility index (Phi) is 3.38. The highest BCUT2D eigenvalue weighted by atomic mass is 79.9. The maximum atomic E-state index is 13.6. The highest BCUT2D eigenvalue weighted by Gasteiger charge is 2.12. The minimum absolute atomic E-state index is 0.278. The number of alkyl halides is 1. The molecule has 0 atom stereocenters. The van der Waals surface area contributed by atoms with Gasteiger partial charge in [-0.2, -0.15) is 0 Å². The molecule has 0 bridgehead atoms. The summed E-state index contributed by atoms with van der Waals surface area (Å²) in [5, 5.41) is 0.649. The van der Waals surface area contributed by atoms with E-state index in [9.17, 15) is 4.39 Å². The van der Waals surface area contributed by atoms with Crippen LogP contribution in [0.1, 0.15) is 4.88 Å². The summed E-state index contributed by atoms with van der Waals surface area (Å²) >= 11 is 10.4. The van der Waals surface area contributed by atoms with Gasteiger partial charge >= 0.3 is 0 Å². The Morgan fingerprint density at radius 2 is 2.27 bits per heavy atom. The fourth-order valence-electron chi connectivity index (χ4n) is 1.19. The molecule has 1 aromatic carbocycles. The lowest BCUT2D eigenvalue weighted by molar-refractivity contribution is 0.630. The van der Waals surface area contributed by atoms with E-state index in [1.54, 1.807) is 18.3 Å². The van der Waals surface area contributed by atoms with E-state index in [4.69, 9.17) is 11.6 Å². The van der Waals surface area contributed by atoms with Crippen molar-refractivity contribution in [1.29, 1.82) is 0 Å². The molecule has 0 N–H and O–H groups in total. The van der Waals surface area contributed by atoms with Gasteiger partial charge in [-0.15, -0.1) is 22.9 Å². The van der Waals surface area contributed by atoms with Gasteiger partial charge in [-0.05, 0) is 28.1 Å². The fourth-order valence-corrected chi connectivity index (χ4v) is 2.90. The highest BCUT2D eigenvalue weighted by Crippen LogP contribution is 2.33. The molecule has 1 nitrogen and oxygen atoms in total. The molecular weight excluding hydrogens is 301 g/mol. The van der Waals surface area contributed by atoms with Gasteiger partial charge in [0, 0.05) is 15.5 Å². The van der Waals surface area contributed by atoms with Crippen molar-refractivity contribution in [2.45, 2.75) is 5.88 Å². The predicted molar refractivity (Wildman–Crippen MR) is 64.8 cm³/mol. The van der Waals surface area contributed by atoms with Gasteiger partial charge in [0.2, 0.25) is 0 Å². The standard InChI is InChI=1S/C10H6BrClFNS/c11-7-2-1-3-8(13)9(7)10-14-5-6(4-12)15-10/h1-3,5H,4H2. The van der Waals surface area contributed by atoms with Crippen LogP contribution in [0.15, 0.2) is 28.9 Å². The van der Waals surface area contributed by atoms with E-state index < -0.39 is 0 Å². The molecular formula is C10H6BrClFNS. The van der Waals surface area contributed by atoms with Crippen molar-refractivity contribution in [3.63, 3.8) is 0 Å². The number of thiazole rings is 1. The van der Waals surface area contributed by atoms with Gasteiger partial charge in [-0.1, -0.05) is 6.07 Å². The first kappa shape index (κ1) is 11.0. The Morgan fingerprint density at radius 3 is 2.87 bits per heavy atom. The third kappa shape index (κ3) is 2.22. The van der Waals surface area contributed by atoms with Gasteiger partial charge < -0.3 is 0 Å². The van der Waals surface area contributed by atoms with Crippen LogP contribution >= 0.6 is 38.9 Å². The average molecular weight is 307 g/mol. The Hall–Kier alpha value is -0.450. The summed E-state index contributed by atoms with van der Waals surface area (Å²) in [7, 11) is 0. The van der Waals surface area contributed by atoms with Crippen molar-refractivity contribution in [2.24, 2.45) is 0 Å². The summed E-state index contributed by atoms with van der Waals surface area (Å²) < 4.78 is 14.3. The first-order valence-corrected chi connectivity index (χ1v) is 6.32. The van der Waals surface area contributed by atoms with Crippen LogP contribution in [0.4, 0.5) is 4.39 Å². The molecule has 0 radical (unpaired) electrons. The van der Waals surface area contributed by atoms with E-state index in [0.29, 0.717) is 20.9 Å². The second-order valence-electron chi connectivity index (χ2n) is 2.86. The van der Waals surface area contributed by atoms with Crippen LogP contribution in [-0.2, 0) is 5.88 Å². The Bertz CT molecular complexity index is 466. The molecule has 2 rings (SSSR count). The van der Waals surface area contributed by atoms with Crippen LogP contribution in [0, 0.1) is 5.82 Å². The van der Waals surface area contributed by atoms with Gasteiger partial charge in [0.05, 0.1) is 11.4 Å². The molecule has 78 valence electrons. The molecule has 1 heterocycles. The topological polar surface area (TPSA) is 12.9 Å². The number of hydrogen-bond donors (Lipinski definition) is 0. The second-order valence-corrected chi connectivity index (χ2v) is 5.10. The highest BCUT2D eigenvalue weighted by molar-refractivity contribution is 9.10. The quantitative estimate of drug-likeness (QED) is 0.747. The SMILES string of the molecule is Fc1cccc(Br)c1-c1ncc(CCl)s1.